The predicted molar refractivity (Wildman–Crippen MR) is 138 cm³/mol. The van der Waals surface area contributed by atoms with Gasteiger partial charge in [-0.05, 0) is 49.8 Å². The minimum absolute atomic E-state index is 0.173. The molecular formula is C27H31FN8O. The summed E-state index contributed by atoms with van der Waals surface area (Å²) in [5.41, 5.74) is 4.33. The highest BCUT2D eigenvalue weighted by atomic mass is 19.1. The van der Waals surface area contributed by atoms with Crippen molar-refractivity contribution in [2.75, 3.05) is 31.2 Å². The van der Waals surface area contributed by atoms with E-state index < -0.39 is 5.67 Å². The lowest BCUT2D eigenvalue weighted by Gasteiger charge is -2.68. The first-order chi connectivity index (χ1) is 18.0. The summed E-state index contributed by atoms with van der Waals surface area (Å²) in [6.45, 7) is 6.62. The molecule has 2 N–H and O–H groups in total. The van der Waals surface area contributed by atoms with Crippen LogP contribution in [0, 0.1) is 5.41 Å². The Morgan fingerprint density at radius 3 is 2.76 bits per heavy atom. The van der Waals surface area contributed by atoms with Crippen LogP contribution in [0.15, 0.2) is 43.1 Å². The standard InChI is InChI=1S/C27H31FN8O/c1-18(26-14-27(28,15-26)16-26)30-11-21-6-19-10-31-22(8-24(19)33-21)13-36-17-32-25(34-36)20-7-23(12-29-9-20)35-2-4-37-5-3-35/h6-10,12,17-18,30,33H,2-5,11,13-16H2,1H3. The molecule has 4 fully saturated rings. The molecule has 4 aromatic heterocycles. The number of hydrogen-bond donors (Lipinski definition) is 2. The molecule has 37 heavy (non-hydrogen) atoms. The third kappa shape index (κ3) is 4.18. The van der Waals surface area contributed by atoms with E-state index >= 15 is 0 Å². The molecule has 0 aromatic carbocycles. The summed E-state index contributed by atoms with van der Waals surface area (Å²) in [6.07, 6.45) is 9.46. The average molecular weight is 503 g/mol. The minimum Gasteiger partial charge on any atom is -0.378 e. The number of halogens is 1. The second-order valence-electron chi connectivity index (χ2n) is 11.0. The van der Waals surface area contributed by atoms with E-state index in [1.165, 1.54) is 0 Å². The number of ether oxygens (including phenoxy) is 1. The smallest absolute Gasteiger partial charge is 0.182 e. The first-order valence-electron chi connectivity index (χ1n) is 13.0. The number of alkyl halides is 1. The number of rotatable bonds is 8. The van der Waals surface area contributed by atoms with Crippen LogP contribution in [-0.2, 0) is 17.8 Å². The molecule has 3 saturated carbocycles. The minimum atomic E-state index is -0.853. The highest BCUT2D eigenvalue weighted by Crippen LogP contribution is 2.70. The van der Waals surface area contributed by atoms with Gasteiger partial charge in [-0.2, -0.15) is 5.10 Å². The summed E-state index contributed by atoms with van der Waals surface area (Å²) >= 11 is 0. The summed E-state index contributed by atoms with van der Waals surface area (Å²) in [5, 5.41) is 9.35. The molecule has 0 radical (unpaired) electrons. The Hall–Kier alpha value is -3.37. The van der Waals surface area contributed by atoms with Crippen molar-refractivity contribution < 1.29 is 9.13 Å². The van der Waals surface area contributed by atoms with Crippen molar-refractivity contribution in [1.29, 1.82) is 0 Å². The molecule has 1 aliphatic heterocycles. The van der Waals surface area contributed by atoms with Crippen LogP contribution in [0.1, 0.15) is 37.6 Å². The van der Waals surface area contributed by atoms with E-state index in [2.05, 4.69) is 60.4 Å². The van der Waals surface area contributed by atoms with Gasteiger partial charge in [-0.15, -0.1) is 0 Å². The molecule has 9 nitrogen and oxygen atoms in total. The maximum Gasteiger partial charge on any atom is 0.182 e. The summed E-state index contributed by atoms with van der Waals surface area (Å²) in [4.78, 5) is 19.3. The molecule has 10 heteroatoms. The third-order valence-electron chi connectivity index (χ3n) is 8.36. The number of nitrogens with one attached hydrogen (secondary N) is 2. The summed E-state index contributed by atoms with van der Waals surface area (Å²) in [7, 11) is 0. The van der Waals surface area contributed by atoms with Crippen molar-refractivity contribution in [3.05, 3.63) is 54.5 Å². The number of aromatic nitrogens is 6. The van der Waals surface area contributed by atoms with Crippen molar-refractivity contribution in [1.82, 2.24) is 35.0 Å². The second-order valence-corrected chi connectivity index (χ2v) is 11.0. The lowest BCUT2D eigenvalue weighted by molar-refractivity contribution is -0.226. The van der Waals surface area contributed by atoms with Crippen LogP contribution < -0.4 is 10.2 Å². The van der Waals surface area contributed by atoms with Crippen LogP contribution in [0.4, 0.5) is 10.1 Å². The molecule has 192 valence electrons. The number of morpholine rings is 1. The van der Waals surface area contributed by atoms with Crippen molar-refractivity contribution >= 4 is 16.6 Å². The molecular weight excluding hydrogens is 471 g/mol. The molecule has 8 rings (SSSR count). The molecule has 5 heterocycles. The van der Waals surface area contributed by atoms with E-state index in [4.69, 9.17) is 4.74 Å². The maximum absolute atomic E-state index is 13.9. The number of fused-ring (bicyclic) bond motifs is 1. The molecule has 1 unspecified atom stereocenters. The Kier molecular flexibility index (Phi) is 5.30. The van der Waals surface area contributed by atoms with E-state index in [0.717, 1.165) is 66.4 Å². The lowest BCUT2D eigenvalue weighted by Crippen LogP contribution is -2.70. The van der Waals surface area contributed by atoms with Crippen LogP contribution in [0.5, 0.6) is 0 Å². The molecule has 3 aliphatic carbocycles. The normalized spacial score (nSPS) is 25.6. The zero-order valence-corrected chi connectivity index (χ0v) is 21.0. The van der Waals surface area contributed by atoms with Crippen molar-refractivity contribution in [3.63, 3.8) is 0 Å². The van der Waals surface area contributed by atoms with Gasteiger partial charge in [-0.25, -0.2) is 14.1 Å². The van der Waals surface area contributed by atoms with Crippen LogP contribution in [0.3, 0.4) is 0 Å². The molecule has 0 amide bonds. The zero-order valence-electron chi connectivity index (χ0n) is 21.0. The molecule has 4 aliphatic rings. The van der Waals surface area contributed by atoms with E-state index in [9.17, 15) is 4.39 Å². The van der Waals surface area contributed by atoms with Gasteiger partial charge in [-0.1, -0.05) is 0 Å². The van der Waals surface area contributed by atoms with Crippen LogP contribution >= 0.6 is 0 Å². The Morgan fingerprint density at radius 2 is 1.95 bits per heavy atom. The van der Waals surface area contributed by atoms with E-state index in [1.807, 2.05) is 12.4 Å². The SMILES string of the molecule is CC(NCc1cc2cnc(Cn3cnc(-c4cncc(N5CCOCC5)c4)n3)cc2[nH]1)C12CC(F)(C1)C2. The number of anilines is 1. The first kappa shape index (κ1) is 22.8. The number of hydrogen-bond acceptors (Lipinski definition) is 7. The fraction of sp³-hybridized carbons (Fsp3) is 0.481. The van der Waals surface area contributed by atoms with Gasteiger partial charge < -0.3 is 19.9 Å². The Labute approximate surface area is 214 Å². The summed E-state index contributed by atoms with van der Waals surface area (Å²) in [6, 6.07) is 6.60. The number of aromatic amines is 1. The van der Waals surface area contributed by atoms with Crippen molar-refractivity contribution in [2.24, 2.45) is 5.41 Å². The zero-order chi connectivity index (χ0) is 25.0. The van der Waals surface area contributed by atoms with E-state index in [1.54, 1.807) is 17.2 Å². The van der Waals surface area contributed by atoms with Crippen LogP contribution in [0.25, 0.3) is 22.3 Å². The summed E-state index contributed by atoms with van der Waals surface area (Å²) < 4.78 is 21.1. The van der Waals surface area contributed by atoms with Crippen LogP contribution in [-0.4, -0.2) is 67.7 Å². The van der Waals surface area contributed by atoms with Crippen molar-refractivity contribution in [3.8, 4) is 11.4 Å². The van der Waals surface area contributed by atoms with Gasteiger partial charge in [0, 0.05) is 60.2 Å². The lowest BCUT2D eigenvalue weighted by atomic mass is 9.40. The molecule has 0 spiro atoms. The van der Waals surface area contributed by atoms with Gasteiger partial charge >= 0.3 is 0 Å². The van der Waals surface area contributed by atoms with Gasteiger partial charge in [0.25, 0.3) is 0 Å². The molecule has 4 aromatic rings. The average Bonchev–Trinajstić information content (AvgIpc) is 3.52. The van der Waals surface area contributed by atoms with E-state index in [0.29, 0.717) is 37.7 Å². The number of pyridine rings is 2. The Bertz CT molecular complexity index is 1420. The quantitative estimate of drug-likeness (QED) is 0.381. The topological polar surface area (TPSA) is 96.8 Å². The van der Waals surface area contributed by atoms with E-state index in [-0.39, 0.29) is 5.41 Å². The Morgan fingerprint density at radius 1 is 1.11 bits per heavy atom. The molecule has 1 saturated heterocycles. The fourth-order valence-corrected chi connectivity index (χ4v) is 6.20. The number of nitrogens with zero attached hydrogens (tertiary/aromatic N) is 6. The maximum atomic E-state index is 13.9. The first-order valence-corrected chi connectivity index (χ1v) is 13.0. The van der Waals surface area contributed by atoms with Gasteiger partial charge in [0.1, 0.15) is 12.0 Å². The third-order valence-corrected chi connectivity index (χ3v) is 8.36. The monoisotopic (exact) mass is 502 g/mol. The largest absolute Gasteiger partial charge is 0.378 e. The van der Waals surface area contributed by atoms with Gasteiger partial charge in [0.2, 0.25) is 0 Å². The Balaban J connectivity index is 1.01. The highest BCUT2D eigenvalue weighted by molar-refractivity contribution is 5.79. The van der Waals surface area contributed by atoms with Gasteiger partial charge in [0.15, 0.2) is 5.82 Å². The second kappa shape index (κ2) is 8.59. The number of H-pyrrole nitrogens is 1. The molecule has 1 atom stereocenters. The highest BCUT2D eigenvalue weighted by Gasteiger charge is 2.70. The summed E-state index contributed by atoms with van der Waals surface area (Å²) in [5.74, 6) is 0.647. The van der Waals surface area contributed by atoms with Crippen molar-refractivity contribution in [2.45, 2.75) is 51.0 Å². The van der Waals surface area contributed by atoms with Gasteiger partial charge in [-0.3, -0.25) is 9.97 Å². The fourth-order valence-electron chi connectivity index (χ4n) is 6.20. The molecule has 2 bridgehead atoms. The predicted octanol–water partition coefficient (Wildman–Crippen LogP) is 3.47. The van der Waals surface area contributed by atoms with Gasteiger partial charge in [0.05, 0.1) is 37.3 Å². The van der Waals surface area contributed by atoms with Crippen LogP contribution in [0.2, 0.25) is 0 Å².